The number of thiophene rings is 1. The molecule has 5 rings (SSSR count). The van der Waals surface area contributed by atoms with Crippen LogP contribution in [-0.2, 0) is 0 Å². The van der Waals surface area contributed by atoms with E-state index in [-0.39, 0.29) is 0 Å². The summed E-state index contributed by atoms with van der Waals surface area (Å²) in [7, 11) is 0. The number of nitrogens with one attached hydrogen (secondary N) is 1. The minimum Gasteiger partial charge on any atom is -0.355 e. The summed E-state index contributed by atoms with van der Waals surface area (Å²) in [6.07, 6.45) is 4.14. The van der Waals surface area contributed by atoms with E-state index in [0.717, 1.165) is 11.4 Å². The first-order valence-electron chi connectivity index (χ1n) is 9.77. The van der Waals surface area contributed by atoms with Gasteiger partial charge in [0.1, 0.15) is 0 Å². The Morgan fingerprint density at radius 2 is 1.59 bits per heavy atom. The largest absolute Gasteiger partial charge is 0.355 e. The first-order chi connectivity index (χ1) is 14.3. The van der Waals surface area contributed by atoms with Crippen molar-refractivity contribution in [2.75, 3.05) is 5.32 Å². The lowest BCUT2D eigenvalue weighted by atomic mass is 10.0. The van der Waals surface area contributed by atoms with Gasteiger partial charge in [0.25, 0.3) is 0 Å². The summed E-state index contributed by atoms with van der Waals surface area (Å²) in [4.78, 5) is 1.22. The summed E-state index contributed by atoms with van der Waals surface area (Å²) in [5.41, 5.74) is 3.40. The van der Waals surface area contributed by atoms with E-state index in [2.05, 4.69) is 104 Å². The van der Waals surface area contributed by atoms with Crippen LogP contribution in [0.25, 0.3) is 43.4 Å². The topological polar surface area (TPSA) is 12.0 Å². The maximum atomic E-state index is 4.14. The molecule has 0 bridgehead atoms. The smallest absolute Gasteiger partial charge is 0.0587 e. The van der Waals surface area contributed by atoms with E-state index in [4.69, 9.17) is 0 Å². The van der Waals surface area contributed by atoms with Crippen molar-refractivity contribution < 1.29 is 0 Å². The Kier molecular flexibility index (Phi) is 4.42. The Morgan fingerprint density at radius 3 is 2.38 bits per heavy atom. The maximum absolute atomic E-state index is 4.14. The fourth-order valence-corrected chi connectivity index (χ4v) is 5.22. The minimum atomic E-state index is 1.09. The fraction of sp³-hybridized carbons (Fsp3) is 0.0370. The molecule has 29 heavy (non-hydrogen) atoms. The van der Waals surface area contributed by atoms with Crippen LogP contribution in [0.3, 0.4) is 0 Å². The Balaban J connectivity index is 1.64. The summed E-state index contributed by atoms with van der Waals surface area (Å²) in [6, 6.07) is 28.0. The van der Waals surface area contributed by atoms with Gasteiger partial charge in [0.15, 0.2) is 0 Å². The monoisotopic (exact) mass is 391 g/mol. The standard InChI is InChI=1S/C27H21NS/c1-3-22-26-23-12-8-7-10-19(23)14-16-25(26)29-27(22)24(4-2)28-21-15-13-18-9-5-6-11-20(18)17-21/h3-17,28H,1H2,2H3/b24-4+. The van der Waals surface area contributed by atoms with Crippen molar-refractivity contribution in [2.24, 2.45) is 0 Å². The molecule has 0 aliphatic heterocycles. The van der Waals surface area contributed by atoms with Gasteiger partial charge in [0.05, 0.1) is 10.6 Å². The lowest BCUT2D eigenvalue weighted by molar-refractivity contribution is 1.58. The molecule has 0 radical (unpaired) electrons. The Labute approximate surface area is 174 Å². The van der Waals surface area contributed by atoms with Gasteiger partial charge in [-0.3, -0.25) is 0 Å². The van der Waals surface area contributed by atoms with Gasteiger partial charge in [-0.15, -0.1) is 11.3 Å². The third-order valence-corrected chi connectivity index (χ3v) is 6.59. The highest BCUT2D eigenvalue weighted by molar-refractivity contribution is 7.20. The molecule has 0 spiro atoms. The number of hydrogen-bond acceptors (Lipinski definition) is 2. The van der Waals surface area contributed by atoms with Crippen LogP contribution >= 0.6 is 11.3 Å². The van der Waals surface area contributed by atoms with Gasteiger partial charge < -0.3 is 5.32 Å². The molecule has 0 aliphatic carbocycles. The summed E-state index contributed by atoms with van der Waals surface area (Å²) in [5, 5.41) is 9.96. The van der Waals surface area contributed by atoms with E-state index in [1.807, 2.05) is 17.4 Å². The zero-order chi connectivity index (χ0) is 19.8. The van der Waals surface area contributed by atoms with E-state index < -0.39 is 0 Å². The second kappa shape index (κ2) is 7.23. The van der Waals surface area contributed by atoms with Gasteiger partial charge in [0, 0.05) is 21.3 Å². The zero-order valence-electron chi connectivity index (χ0n) is 16.3. The molecule has 0 aliphatic rings. The van der Waals surface area contributed by atoms with Crippen molar-refractivity contribution in [3.8, 4) is 0 Å². The lowest BCUT2D eigenvalue weighted by Gasteiger charge is -2.12. The summed E-state index contributed by atoms with van der Waals surface area (Å²) in [6.45, 7) is 6.22. The number of rotatable bonds is 4. The van der Waals surface area contributed by atoms with Gasteiger partial charge in [-0.1, -0.05) is 79.4 Å². The van der Waals surface area contributed by atoms with Crippen LogP contribution in [0.1, 0.15) is 17.4 Å². The zero-order valence-corrected chi connectivity index (χ0v) is 17.1. The SMILES string of the molecule is C=Cc1c(/C(=C\C)Nc2ccc3ccccc3c2)sc2ccc3ccccc3c12. The molecule has 2 heteroatoms. The molecule has 4 aromatic carbocycles. The maximum Gasteiger partial charge on any atom is 0.0587 e. The van der Waals surface area contributed by atoms with E-state index in [9.17, 15) is 0 Å². The van der Waals surface area contributed by atoms with Gasteiger partial charge in [-0.05, 0) is 46.7 Å². The molecule has 0 atom stereocenters. The van der Waals surface area contributed by atoms with E-state index >= 15 is 0 Å². The molecule has 1 aromatic heterocycles. The summed E-state index contributed by atoms with van der Waals surface area (Å²) < 4.78 is 1.29. The number of hydrogen-bond donors (Lipinski definition) is 1. The third kappa shape index (κ3) is 3.02. The highest BCUT2D eigenvalue weighted by atomic mass is 32.1. The molecule has 5 aromatic rings. The third-order valence-electron chi connectivity index (χ3n) is 5.38. The van der Waals surface area contributed by atoms with E-state index in [1.54, 1.807) is 0 Å². The van der Waals surface area contributed by atoms with Crippen molar-refractivity contribution in [1.29, 1.82) is 0 Å². The number of anilines is 1. The van der Waals surface area contributed by atoms with Crippen LogP contribution in [0.4, 0.5) is 5.69 Å². The summed E-state index contributed by atoms with van der Waals surface area (Å²) in [5.74, 6) is 0. The molecular weight excluding hydrogens is 370 g/mol. The molecule has 1 heterocycles. The van der Waals surface area contributed by atoms with E-state index in [0.29, 0.717) is 0 Å². The van der Waals surface area contributed by atoms with Crippen molar-refractivity contribution in [2.45, 2.75) is 6.92 Å². The van der Waals surface area contributed by atoms with Crippen LogP contribution < -0.4 is 5.32 Å². The lowest BCUT2D eigenvalue weighted by Crippen LogP contribution is -1.98. The Bertz CT molecular complexity index is 1400. The first kappa shape index (κ1) is 17.7. The number of allylic oxidation sites excluding steroid dienone is 1. The summed E-state index contributed by atoms with van der Waals surface area (Å²) >= 11 is 1.82. The van der Waals surface area contributed by atoms with Crippen LogP contribution in [-0.4, -0.2) is 0 Å². The normalized spacial score (nSPS) is 12.0. The molecule has 1 N–H and O–H groups in total. The highest BCUT2D eigenvalue weighted by Crippen LogP contribution is 2.40. The van der Waals surface area contributed by atoms with Crippen LogP contribution in [0.2, 0.25) is 0 Å². The van der Waals surface area contributed by atoms with Gasteiger partial charge in [0.2, 0.25) is 0 Å². The predicted octanol–water partition coefficient (Wildman–Crippen LogP) is 8.32. The average Bonchev–Trinajstić information content (AvgIpc) is 3.16. The molecular formula is C27H21NS. The van der Waals surface area contributed by atoms with Crippen molar-refractivity contribution in [3.05, 3.63) is 102 Å². The first-order valence-corrected chi connectivity index (χ1v) is 10.6. The average molecular weight is 392 g/mol. The molecule has 0 saturated heterocycles. The Morgan fingerprint density at radius 1 is 0.862 bits per heavy atom. The van der Waals surface area contributed by atoms with Crippen molar-refractivity contribution in [1.82, 2.24) is 0 Å². The van der Waals surface area contributed by atoms with E-state index in [1.165, 1.54) is 42.1 Å². The predicted molar refractivity (Wildman–Crippen MR) is 131 cm³/mol. The second-order valence-electron chi connectivity index (χ2n) is 7.10. The van der Waals surface area contributed by atoms with Crippen LogP contribution in [0.5, 0.6) is 0 Å². The highest BCUT2D eigenvalue weighted by Gasteiger charge is 2.15. The molecule has 0 fully saturated rings. The molecule has 1 nitrogen and oxygen atoms in total. The van der Waals surface area contributed by atoms with Crippen LogP contribution in [0.15, 0.2) is 91.5 Å². The second-order valence-corrected chi connectivity index (χ2v) is 8.15. The minimum absolute atomic E-state index is 1.09. The van der Waals surface area contributed by atoms with Crippen molar-refractivity contribution in [3.63, 3.8) is 0 Å². The quantitative estimate of drug-likeness (QED) is 0.325. The number of fused-ring (bicyclic) bond motifs is 4. The number of benzene rings is 4. The fourth-order valence-electron chi connectivity index (χ4n) is 3.97. The van der Waals surface area contributed by atoms with Crippen LogP contribution in [0, 0.1) is 0 Å². The molecule has 0 amide bonds. The molecule has 0 unspecified atom stereocenters. The van der Waals surface area contributed by atoms with Gasteiger partial charge >= 0.3 is 0 Å². The van der Waals surface area contributed by atoms with Crippen molar-refractivity contribution >= 4 is 60.4 Å². The van der Waals surface area contributed by atoms with Gasteiger partial charge in [-0.25, -0.2) is 0 Å². The molecule has 140 valence electrons. The van der Waals surface area contributed by atoms with Gasteiger partial charge in [-0.2, -0.15) is 0 Å². The Hall–Kier alpha value is -3.36. The molecule has 0 saturated carbocycles.